The minimum absolute atomic E-state index is 0.00959. The molecule has 7 rings (SSSR count). The molecule has 6 aliphatic rings. The maximum absolute atomic E-state index is 14.4. The van der Waals surface area contributed by atoms with Crippen molar-refractivity contribution in [1.82, 2.24) is 19.8 Å². The molecule has 2 unspecified atom stereocenters. The zero-order valence-electron chi connectivity index (χ0n) is 37.7. The van der Waals surface area contributed by atoms with Crippen molar-refractivity contribution in [3.8, 4) is 0 Å². The van der Waals surface area contributed by atoms with Crippen LogP contribution in [0.1, 0.15) is 145 Å². The third kappa shape index (κ3) is 7.46. The van der Waals surface area contributed by atoms with Crippen LogP contribution in [0.25, 0.3) is 0 Å². The van der Waals surface area contributed by atoms with Crippen LogP contribution in [-0.2, 0) is 30.5 Å². The lowest BCUT2D eigenvalue weighted by Gasteiger charge is -2.72. The standard InChI is InChI=1S/C48H71ClN4O7/c1-29(2)40-32(54)23-48(35(55)27-52(21-22-53-20-10-11-38(53)56)28-37-50-25-30(49)26-51-37)19-18-46(8)31(41(40)48)12-13-34-45(7)16-15-36(60-39(57)24-43(3,4)42(58)59)44(5,6)33(45)14-17-47(34,46)9/h25-26,29,31,33-36,55H,10-24,27-28H2,1-9H3,(H,58,59)/t31-,33+,34-,35?,36+,45+,46-,47-,48?/m1/s1. The van der Waals surface area contributed by atoms with Crippen molar-refractivity contribution in [2.75, 3.05) is 26.2 Å². The Kier molecular flexibility index (Phi) is 12.1. The Morgan fingerprint density at radius 3 is 2.32 bits per heavy atom. The molecule has 1 aliphatic heterocycles. The zero-order chi connectivity index (χ0) is 43.8. The molecule has 0 spiro atoms. The van der Waals surface area contributed by atoms with E-state index in [1.807, 2.05) is 4.90 Å². The molecular formula is C48H71ClN4O7. The fourth-order valence-corrected chi connectivity index (χ4v) is 14.5. The number of aliphatic hydroxyl groups is 1. The molecule has 5 fully saturated rings. The zero-order valence-corrected chi connectivity index (χ0v) is 38.5. The van der Waals surface area contributed by atoms with Crippen LogP contribution >= 0.6 is 11.6 Å². The van der Waals surface area contributed by atoms with Crippen molar-refractivity contribution in [3.63, 3.8) is 0 Å². The highest BCUT2D eigenvalue weighted by Crippen LogP contribution is 2.77. The topological polar surface area (TPSA) is 150 Å². The Morgan fingerprint density at radius 2 is 1.68 bits per heavy atom. The van der Waals surface area contributed by atoms with E-state index in [9.17, 15) is 29.4 Å². The van der Waals surface area contributed by atoms with E-state index in [0.29, 0.717) is 61.7 Å². The number of halogens is 1. The highest BCUT2D eigenvalue weighted by atomic mass is 35.5. The number of aromatic nitrogens is 2. The highest BCUT2D eigenvalue weighted by Gasteiger charge is 2.71. The van der Waals surface area contributed by atoms with Gasteiger partial charge in [-0.05, 0) is 117 Å². The van der Waals surface area contributed by atoms with Crippen LogP contribution in [0, 0.1) is 56.2 Å². The van der Waals surface area contributed by atoms with Gasteiger partial charge in [-0.25, -0.2) is 9.97 Å². The number of hydrogen-bond donors (Lipinski definition) is 2. The number of amides is 1. The Morgan fingerprint density at radius 1 is 0.983 bits per heavy atom. The Balaban J connectivity index is 1.16. The Bertz CT molecular complexity index is 1900. The van der Waals surface area contributed by atoms with Gasteiger partial charge in [0.25, 0.3) is 0 Å². The molecule has 1 aromatic heterocycles. The normalized spacial score (nSPS) is 35.6. The average molecular weight is 852 g/mol. The van der Waals surface area contributed by atoms with Crippen molar-refractivity contribution in [3.05, 3.63) is 34.4 Å². The van der Waals surface area contributed by atoms with Crippen molar-refractivity contribution in [2.24, 2.45) is 56.2 Å². The predicted molar refractivity (Wildman–Crippen MR) is 229 cm³/mol. The fourth-order valence-electron chi connectivity index (χ4n) is 14.4. The molecule has 4 saturated carbocycles. The number of esters is 1. The second kappa shape index (κ2) is 16.0. The molecule has 0 bridgehead atoms. The third-order valence-electron chi connectivity index (χ3n) is 17.8. The number of ether oxygens (including phenoxy) is 1. The first-order chi connectivity index (χ1) is 28.0. The summed E-state index contributed by atoms with van der Waals surface area (Å²) in [4.78, 5) is 65.0. The van der Waals surface area contributed by atoms with Crippen LogP contribution in [-0.4, -0.2) is 92.0 Å². The van der Waals surface area contributed by atoms with Gasteiger partial charge in [0.15, 0.2) is 5.78 Å². The molecule has 60 heavy (non-hydrogen) atoms. The maximum atomic E-state index is 14.4. The van der Waals surface area contributed by atoms with Gasteiger partial charge in [-0.3, -0.25) is 24.1 Å². The molecule has 0 aromatic carbocycles. The lowest BCUT2D eigenvalue weighted by atomic mass is 9.33. The number of likely N-dealkylation sites (tertiary alicyclic amines) is 1. The number of aliphatic carboxylic acids is 1. The molecule has 1 amide bonds. The van der Waals surface area contributed by atoms with E-state index in [-0.39, 0.29) is 57.7 Å². The van der Waals surface area contributed by atoms with E-state index in [2.05, 4.69) is 63.3 Å². The van der Waals surface area contributed by atoms with Crippen molar-refractivity contribution in [1.29, 1.82) is 0 Å². The summed E-state index contributed by atoms with van der Waals surface area (Å²) in [5.41, 5.74) is -0.0349. The Hall–Kier alpha value is -2.89. The first-order valence-corrected chi connectivity index (χ1v) is 23.2. The molecule has 1 saturated heterocycles. The minimum atomic E-state index is -1.19. The number of carboxylic acids is 1. The van der Waals surface area contributed by atoms with Crippen molar-refractivity contribution in [2.45, 2.75) is 158 Å². The van der Waals surface area contributed by atoms with Crippen LogP contribution in [0.5, 0.6) is 0 Å². The van der Waals surface area contributed by atoms with Gasteiger partial charge in [0.2, 0.25) is 5.91 Å². The van der Waals surface area contributed by atoms with Crippen LogP contribution < -0.4 is 0 Å². The number of carbonyl (C=O) groups excluding carboxylic acids is 3. The molecule has 2 N–H and O–H groups in total. The van der Waals surface area contributed by atoms with E-state index in [1.165, 1.54) is 5.57 Å². The molecule has 11 nitrogen and oxygen atoms in total. The minimum Gasteiger partial charge on any atom is -0.481 e. The number of allylic oxidation sites excluding steroid dienone is 1. The van der Waals surface area contributed by atoms with Crippen molar-refractivity contribution < 1.29 is 34.1 Å². The molecule has 9 atom stereocenters. The second-order valence-electron chi connectivity index (χ2n) is 22.1. The summed E-state index contributed by atoms with van der Waals surface area (Å²) in [6.07, 6.45) is 11.1. The molecule has 2 heterocycles. The first kappa shape index (κ1) is 45.1. The van der Waals surface area contributed by atoms with E-state index in [1.54, 1.807) is 26.2 Å². The summed E-state index contributed by atoms with van der Waals surface area (Å²) in [6.45, 7) is 22.1. The SMILES string of the molecule is CC(C)C1=C2[C@H]3CC[C@@H]4[C@@]5(C)CC[C@H](OC(=O)CC(C)(C)C(=O)O)C(C)(C)[C@@H]5CC[C@@]4(C)[C@]3(C)CCC2(C(O)CN(CCN2CCCC2=O)Cc2ncc(Cl)cn2)CC1=O. The molecule has 12 heteroatoms. The number of rotatable bonds is 13. The predicted octanol–water partition coefficient (Wildman–Crippen LogP) is 8.31. The van der Waals surface area contributed by atoms with Gasteiger partial charge in [0, 0.05) is 62.2 Å². The van der Waals surface area contributed by atoms with Gasteiger partial charge in [-0.15, -0.1) is 0 Å². The van der Waals surface area contributed by atoms with Gasteiger partial charge in [-0.1, -0.05) is 65.6 Å². The third-order valence-corrected chi connectivity index (χ3v) is 18.0. The van der Waals surface area contributed by atoms with E-state index >= 15 is 0 Å². The molecule has 0 radical (unpaired) electrons. The van der Waals surface area contributed by atoms with Crippen LogP contribution in [0.4, 0.5) is 0 Å². The summed E-state index contributed by atoms with van der Waals surface area (Å²) in [7, 11) is 0. The molecule has 5 aliphatic carbocycles. The number of aliphatic hydroxyl groups excluding tert-OH is 1. The number of carbonyl (C=O) groups is 4. The van der Waals surface area contributed by atoms with Gasteiger partial charge in [0.05, 0.1) is 29.5 Å². The van der Waals surface area contributed by atoms with Gasteiger partial charge >= 0.3 is 11.9 Å². The van der Waals surface area contributed by atoms with E-state index in [4.69, 9.17) is 16.3 Å². The number of nitrogens with zero attached hydrogens (tertiary/aromatic N) is 4. The lowest BCUT2D eigenvalue weighted by molar-refractivity contribution is -0.235. The largest absolute Gasteiger partial charge is 0.481 e. The lowest BCUT2D eigenvalue weighted by Crippen LogP contribution is -2.66. The number of fused-ring (bicyclic) bond motifs is 7. The smallest absolute Gasteiger partial charge is 0.309 e. The monoisotopic (exact) mass is 851 g/mol. The summed E-state index contributed by atoms with van der Waals surface area (Å²) >= 11 is 6.14. The quantitative estimate of drug-likeness (QED) is 0.186. The highest BCUT2D eigenvalue weighted by molar-refractivity contribution is 6.30. The summed E-state index contributed by atoms with van der Waals surface area (Å²) < 4.78 is 6.19. The Labute approximate surface area is 362 Å². The fraction of sp³-hybridized carbons (Fsp3) is 0.792. The van der Waals surface area contributed by atoms with Gasteiger partial charge in [0.1, 0.15) is 11.9 Å². The van der Waals surface area contributed by atoms with Crippen LogP contribution in [0.3, 0.4) is 0 Å². The van der Waals surface area contributed by atoms with Crippen molar-refractivity contribution >= 4 is 35.2 Å². The number of Topliss-reactive ketones (excluding diaryl/α,β-unsaturated/α-hetero) is 1. The maximum Gasteiger partial charge on any atom is 0.309 e. The molecular weight excluding hydrogens is 780 g/mol. The average Bonchev–Trinajstić information content (AvgIpc) is 3.72. The van der Waals surface area contributed by atoms with E-state index < -0.39 is 28.9 Å². The van der Waals surface area contributed by atoms with Crippen LogP contribution in [0.2, 0.25) is 5.02 Å². The van der Waals surface area contributed by atoms with Gasteiger partial charge < -0.3 is 19.8 Å². The summed E-state index contributed by atoms with van der Waals surface area (Å²) in [5.74, 6) is 0.493. The molecule has 332 valence electrons. The number of hydrogen-bond acceptors (Lipinski definition) is 9. The first-order valence-electron chi connectivity index (χ1n) is 22.9. The van der Waals surface area contributed by atoms with Crippen LogP contribution in [0.15, 0.2) is 23.5 Å². The second-order valence-corrected chi connectivity index (χ2v) is 22.5. The summed E-state index contributed by atoms with van der Waals surface area (Å²) in [5, 5.41) is 22.9. The number of ketones is 1. The van der Waals surface area contributed by atoms with E-state index in [0.717, 1.165) is 69.9 Å². The van der Waals surface area contributed by atoms with Gasteiger partial charge in [-0.2, -0.15) is 0 Å². The summed E-state index contributed by atoms with van der Waals surface area (Å²) in [6, 6.07) is 0. The number of carboxylic acid groups (broad SMARTS) is 1. The molecule has 1 aromatic rings.